The third-order valence-electron chi connectivity index (χ3n) is 23.8. The molecule has 136 heavy (non-hydrogen) atoms. The second-order valence-corrected chi connectivity index (χ2v) is 33.9. The Morgan fingerprint density at radius 2 is 0.419 bits per heavy atom. The van der Waals surface area contributed by atoms with Crippen molar-refractivity contribution in [3.63, 3.8) is 0 Å². The van der Waals surface area contributed by atoms with E-state index in [1.54, 1.807) is 14.2 Å². The van der Waals surface area contributed by atoms with Crippen LogP contribution in [-0.4, -0.2) is 263 Å². The number of aliphatic hydroxyl groups excluding tert-OH is 5. The number of β-amino-alcohol motifs (C(OH)–C–C–N with tert-alkyl or cyclic N) is 3. The minimum atomic E-state index is 0.156. The zero-order valence-corrected chi connectivity index (χ0v) is 81.0. The number of rotatable bonds is 24. The van der Waals surface area contributed by atoms with Gasteiger partial charge in [-0.2, -0.15) is 0 Å². The van der Waals surface area contributed by atoms with Crippen LogP contribution < -0.4 is 138 Å². The SMILES string of the molecule is CCCN1CCOc2cc(N)c(C)cc21.CCCN1CCOc2cc(N)ccc21.COCCCN1CCOc2cc(N)c(C)cc21.COCCCN1CCOc2cc(N)ccc21.Cc1cc2c(cc1N)OCCN2CCCO.Cc1cc2c(cc1N)OCCN2CCO.Nc1ccc2c(c1)OCCN2CCCO.Nc1ccc2c(c1)OCCN2CCO.Nc1ccc2c(c1)OCCN2CCO. The minimum Gasteiger partial charge on any atom is -0.489 e. The molecule has 0 saturated heterocycles. The van der Waals surface area contributed by atoms with Crippen LogP contribution >= 0.6 is 0 Å². The van der Waals surface area contributed by atoms with Gasteiger partial charge in [-0.25, -0.2) is 0 Å². The first-order valence-corrected chi connectivity index (χ1v) is 47.4. The predicted octanol–water partition coefficient (Wildman–Crippen LogP) is 11.1. The Bertz CT molecular complexity index is 4930. The van der Waals surface area contributed by atoms with Gasteiger partial charge in [-0.15, -0.1) is 0 Å². The lowest BCUT2D eigenvalue weighted by molar-refractivity contribution is 0.195. The van der Waals surface area contributed by atoms with Crippen LogP contribution in [0.1, 0.15) is 74.6 Å². The largest absolute Gasteiger partial charge is 0.489 e. The average molecular weight is 1880 g/mol. The molecule has 23 N–H and O–H groups in total. The van der Waals surface area contributed by atoms with E-state index in [-0.39, 0.29) is 33.0 Å². The first kappa shape index (κ1) is 105. The molecule has 0 aliphatic carbocycles. The van der Waals surface area contributed by atoms with E-state index in [0.29, 0.717) is 64.0 Å². The van der Waals surface area contributed by atoms with E-state index in [1.807, 2.05) is 149 Å². The van der Waals surface area contributed by atoms with Gasteiger partial charge in [-0.05, 0) is 173 Å². The van der Waals surface area contributed by atoms with Gasteiger partial charge in [0.25, 0.3) is 0 Å². The summed E-state index contributed by atoms with van der Waals surface area (Å²) >= 11 is 0. The Balaban J connectivity index is 0.000000158. The van der Waals surface area contributed by atoms with Gasteiger partial charge in [0, 0.05) is 205 Å². The van der Waals surface area contributed by atoms with E-state index in [2.05, 4.69) is 76.1 Å². The van der Waals surface area contributed by atoms with Gasteiger partial charge in [-0.1, -0.05) is 13.8 Å². The number of hydrogen-bond acceptors (Lipinski definition) is 34. The van der Waals surface area contributed by atoms with Crippen molar-refractivity contribution >= 4 is 102 Å². The number of benzene rings is 9. The number of anilines is 18. The number of nitrogen functional groups attached to an aromatic ring is 9. The van der Waals surface area contributed by atoms with Gasteiger partial charge in [0.05, 0.1) is 130 Å². The number of nitrogens with zero attached hydrogens (tertiary/aromatic N) is 9. The van der Waals surface area contributed by atoms with Crippen molar-refractivity contribution < 1.29 is 77.6 Å². The number of hydrogen-bond donors (Lipinski definition) is 14. The molecule has 0 radical (unpaired) electrons. The predicted molar refractivity (Wildman–Crippen MR) is 554 cm³/mol. The summed E-state index contributed by atoms with van der Waals surface area (Å²) in [7, 11) is 3.46. The molecule has 9 aliphatic rings. The smallest absolute Gasteiger partial charge is 0.144 e. The molecule has 0 saturated carbocycles. The van der Waals surface area contributed by atoms with Gasteiger partial charge >= 0.3 is 0 Å². The van der Waals surface area contributed by atoms with Crippen LogP contribution in [0.4, 0.5) is 102 Å². The third kappa shape index (κ3) is 30.7. The summed E-state index contributed by atoms with van der Waals surface area (Å²) in [6, 6.07) is 44.5. The number of aryl methyl sites for hydroxylation is 4. The summed E-state index contributed by atoms with van der Waals surface area (Å²) < 4.78 is 60.2. The lowest BCUT2D eigenvalue weighted by Crippen LogP contribution is -2.34. The van der Waals surface area contributed by atoms with Crippen molar-refractivity contribution in [1.82, 2.24) is 0 Å². The van der Waals surface area contributed by atoms with Gasteiger partial charge in [0.1, 0.15) is 111 Å². The van der Waals surface area contributed by atoms with Crippen LogP contribution in [0.3, 0.4) is 0 Å². The lowest BCUT2D eigenvalue weighted by atomic mass is 10.1. The van der Waals surface area contributed by atoms with Crippen molar-refractivity contribution in [2.75, 3.05) is 333 Å². The standard InChI is InChI=1S/C13H20N2O2.2C12H18N2O2.C12H18N2O.2C11H16N2O2.C11H16N2O.2C10H14N2O2/c1-10-8-12-13(9-11(10)14)17-7-5-15(12)4-3-6-16-2;1-15-7-2-5-14-6-8-16-12-9-10(13)3-4-11(12)14;1-9-7-11-12(8-10(9)13)16-6-4-14(11)3-2-5-15;1-3-4-14-5-6-15-12-8-10(13)9(2)7-11(12)14;1-8-6-10-11(7-9(8)12)15-5-3-13(10)2-4-14;12-9-2-3-10-11(8-9)15-7-5-13(10)4-1-6-14;1-2-5-13-6-7-14-11-8-9(12)3-4-10(11)13;2*11-8-1-2-9-10(7-8)14-6-4-12(9)3-5-13/h8-9H,3-7,14H2,1-2H3;3-4,9H,2,5-8,13H2,1H3;7-8,15H,2-6,13H2,1H3;7-8H,3-6,13H2,1-2H3;6-7,14H,2-5,12H2,1H3;2-3,8,14H,1,4-7,12H2;3-4,8H,2,5-7,12H2,1H3;2*1-2,7,13H,3-6,11H2. The molecule has 744 valence electrons. The van der Waals surface area contributed by atoms with Crippen molar-refractivity contribution in [3.8, 4) is 51.7 Å². The number of fused-ring (bicyclic) bond motifs is 9. The fourth-order valence-corrected chi connectivity index (χ4v) is 16.5. The van der Waals surface area contributed by atoms with Crippen molar-refractivity contribution in [2.45, 2.75) is 80.1 Å². The van der Waals surface area contributed by atoms with Crippen LogP contribution in [-0.2, 0) is 9.47 Å². The monoisotopic (exact) mass is 1880 g/mol. The Labute approximate surface area is 803 Å². The van der Waals surface area contributed by atoms with Crippen molar-refractivity contribution in [1.29, 1.82) is 0 Å². The molecule has 0 unspecified atom stereocenters. The maximum atomic E-state index is 8.96. The van der Waals surface area contributed by atoms with E-state index in [4.69, 9.17) is 129 Å². The molecule has 0 amide bonds. The molecule has 9 aromatic carbocycles. The molecule has 9 aromatic rings. The van der Waals surface area contributed by atoms with Gasteiger partial charge in [0.2, 0.25) is 0 Å². The first-order chi connectivity index (χ1) is 65.9. The number of nitrogens with two attached hydrogens (primary N) is 9. The Morgan fingerprint density at radius 1 is 0.235 bits per heavy atom. The van der Waals surface area contributed by atoms with Gasteiger partial charge in [0.15, 0.2) is 0 Å². The molecule has 0 bridgehead atoms. The Morgan fingerprint density at radius 3 is 0.625 bits per heavy atom. The molecule has 9 heterocycles. The molecule has 9 aliphatic heterocycles. The molecular formula is C102H150N18O16. The molecule has 0 fully saturated rings. The van der Waals surface area contributed by atoms with Crippen LogP contribution in [0.15, 0.2) is 140 Å². The van der Waals surface area contributed by atoms with Crippen LogP contribution in [0.25, 0.3) is 0 Å². The minimum absolute atomic E-state index is 0.156. The molecule has 18 rings (SSSR count). The molecule has 0 atom stereocenters. The van der Waals surface area contributed by atoms with E-state index in [9.17, 15) is 0 Å². The summed E-state index contributed by atoms with van der Waals surface area (Å²) in [5, 5.41) is 44.4. The summed E-state index contributed by atoms with van der Waals surface area (Å²) in [5.74, 6) is 7.78. The van der Waals surface area contributed by atoms with Gasteiger partial charge < -0.3 is 173 Å². The fourth-order valence-electron chi connectivity index (χ4n) is 16.5. The normalized spacial score (nSPS) is 14.6. The highest BCUT2D eigenvalue weighted by Gasteiger charge is 2.27. The molecule has 34 heteroatoms. The van der Waals surface area contributed by atoms with E-state index >= 15 is 0 Å². The molecular weight excluding hydrogens is 1730 g/mol. The van der Waals surface area contributed by atoms with E-state index < -0.39 is 0 Å². The zero-order chi connectivity index (χ0) is 97.4. The van der Waals surface area contributed by atoms with Crippen molar-refractivity contribution in [2.24, 2.45) is 0 Å². The van der Waals surface area contributed by atoms with E-state index in [0.717, 1.165) is 330 Å². The topological polar surface area (TPSA) is 466 Å². The fraction of sp³-hybridized carbons (Fsp3) is 0.471. The van der Waals surface area contributed by atoms with Crippen LogP contribution in [0, 0.1) is 27.7 Å². The van der Waals surface area contributed by atoms with E-state index in [1.165, 1.54) is 11.4 Å². The average Bonchev–Trinajstić information content (AvgIpc) is 0.802. The summed E-state index contributed by atoms with van der Waals surface area (Å²) in [6.07, 6.45) is 5.93. The first-order valence-electron chi connectivity index (χ1n) is 47.4. The number of ether oxygens (including phenoxy) is 11. The Kier molecular flexibility index (Phi) is 42.4. The number of methoxy groups -OCH3 is 2. The number of aliphatic hydroxyl groups is 5. The van der Waals surface area contributed by atoms with Gasteiger partial charge in [-0.3, -0.25) is 0 Å². The summed E-state index contributed by atoms with van der Waals surface area (Å²) in [4.78, 5) is 20.1. The summed E-state index contributed by atoms with van der Waals surface area (Å²) in [5.41, 5.74) is 72.8. The molecule has 0 aromatic heterocycles. The highest BCUT2D eigenvalue weighted by Crippen LogP contribution is 2.43. The quantitative estimate of drug-likeness (QED) is 0.0197. The second kappa shape index (κ2) is 54.7. The highest BCUT2D eigenvalue weighted by atomic mass is 16.5. The van der Waals surface area contributed by atoms with Crippen LogP contribution in [0.2, 0.25) is 0 Å². The zero-order valence-electron chi connectivity index (χ0n) is 81.0. The maximum absolute atomic E-state index is 8.96. The maximum Gasteiger partial charge on any atom is 0.144 e. The second-order valence-electron chi connectivity index (χ2n) is 33.9. The van der Waals surface area contributed by atoms with Crippen molar-refractivity contribution in [3.05, 3.63) is 162 Å². The Hall–Kier alpha value is -12.7. The van der Waals surface area contributed by atoms with Crippen LogP contribution in [0.5, 0.6) is 51.7 Å². The molecule has 34 nitrogen and oxygen atoms in total. The lowest BCUT2D eigenvalue weighted by Gasteiger charge is -2.31. The summed E-state index contributed by atoms with van der Waals surface area (Å²) in [6.45, 7) is 37.0. The highest BCUT2D eigenvalue weighted by molar-refractivity contribution is 5.74. The third-order valence-corrected chi connectivity index (χ3v) is 23.8. The molecule has 0 spiro atoms.